The molecule has 1 amide bonds. The number of fused-ring (bicyclic) bond motifs is 2. The Labute approximate surface area is 181 Å². The first-order valence-corrected chi connectivity index (χ1v) is 10.1. The van der Waals surface area contributed by atoms with Gasteiger partial charge in [-0.05, 0) is 48.7 Å². The molecule has 0 spiro atoms. The Morgan fingerprint density at radius 1 is 1.06 bits per heavy atom. The predicted octanol–water partition coefficient (Wildman–Crippen LogP) is 3.05. The third-order valence-corrected chi connectivity index (χ3v) is 6.00. The topological polar surface area (TPSA) is 112 Å². The van der Waals surface area contributed by atoms with Gasteiger partial charge in [0.25, 0.3) is 11.7 Å². The average Bonchev–Trinajstić information content (AvgIpc) is 3.50. The van der Waals surface area contributed by atoms with Gasteiger partial charge in [0.05, 0.1) is 22.7 Å². The Kier molecular flexibility index (Phi) is 3.82. The number of nitrogens with two attached hydrogens (primary N) is 1. The largest absolute Gasteiger partial charge is 0.366 e. The number of carbonyl (C=O) groups excluding carboxylic acids is 1. The summed E-state index contributed by atoms with van der Waals surface area (Å²) in [6, 6.07) is 14.3. The van der Waals surface area contributed by atoms with Crippen LogP contribution in [0.4, 0.5) is 4.39 Å². The monoisotopic (exact) mass is 425 g/mol. The van der Waals surface area contributed by atoms with Crippen LogP contribution in [0.2, 0.25) is 0 Å². The molecule has 1 aliphatic rings. The molecule has 3 heterocycles. The zero-order valence-corrected chi connectivity index (χ0v) is 16.7. The van der Waals surface area contributed by atoms with Crippen LogP contribution in [0.25, 0.3) is 27.9 Å². The summed E-state index contributed by atoms with van der Waals surface area (Å²) in [6.45, 7) is 0. The molecular formula is C23H16FN7O. The van der Waals surface area contributed by atoms with Crippen LogP contribution < -0.4 is 5.73 Å². The number of carbonyl (C=O) groups is 1. The molecule has 3 aromatic heterocycles. The fourth-order valence-electron chi connectivity index (χ4n) is 4.14. The number of halogens is 1. The van der Waals surface area contributed by atoms with E-state index < -0.39 is 11.7 Å². The fourth-order valence-corrected chi connectivity index (χ4v) is 4.14. The van der Waals surface area contributed by atoms with Gasteiger partial charge in [0.1, 0.15) is 11.5 Å². The Morgan fingerprint density at radius 3 is 2.72 bits per heavy atom. The minimum absolute atomic E-state index is 0.171. The van der Waals surface area contributed by atoms with Crippen molar-refractivity contribution in [2.75, 3.05) is 0 Å². The van der Waals surface area contributed by atoms with Crippen LogP contribution in [0.15, 0.2) is 60.9 Å². The highest BCUT2D eigenvalue weighted by Gasteiger charge is 2.50. The second kappa shape index (κ2) is 6.61. The van der Waals surface area contributed by atoms with Gasteiger partial charge in [-0.15, -0.1) is 10.2 Å². The number of amides is 1. The predicted molar refractivity (Wildman–Crippen MR) is 114 cm³/mol. The number of pyridine rings is 1. The maximum absolute atomic E-state index is 14.3. The average molecular weight is 425 g/mol. The summed E-state index contributed by atoms with van der Waals surface area (Å²) in [7, 11) is 0. The van der Waals surface area contributed by atoms with Gasteiger partial charge in [-0.2, -0.15) is 9.61 Å². The van der Waals surface area contributed by atoms with E-state index in [1.54, 1.807) is 16.8 Å². The molecule has 1 fully saturated rings. The van der Waals surface area contributed by atoms with Gasteiger partial charge in [0, 0.05) is 17.1 Å². The molecular weight excluding hydrogens is 409 g/mol. The van der Waals surface area contributed by atoms with Crippen molar-refractivity contribution in [3.8, 4) is 11.3 Å². The molecule has 0 radical (unpaired) electrons. The molecule has 9 heteroatoms. The van der Waals surface area contributed by atoms with Crippen molar-refractivity contribution in [2.24, 2.45) is 5.73 Å². The summed E-state index contributed by atoms with van der Waals surface area (Å²) in [5.41, 5.74) is 7.68. The molecule has 2 N–H and O–H groups in total. The quantitative estimate of drug-likeness (QED) is 0.474. The first kappa shape index (κ1) is 18.5. The smallest absolute Gasteiger partial charge is 0.271 e. The molecule has 0 atom stereocenters. The first-order valence-electron chi connectivity index (χ1n) is 10.1. The molecule has 0 saturated heterocycles. The molecule has 2 aromatic carbocycles. The van der Waals surface area contributed by atoms with Gasteiger partial charge in [-0.25, -0.2) is 9.37 Å². The summed E-state index contributed by atoms with van der Waals surface area (Å²) in [5.74, 6) is -0.465. The van der Waals surface area contributed by atoms with Crippen molar-refractivity contribution in [1.82, 2.24) is 29.8 Å². The van der Waals surface area contributed by atoms with Gasteiger partial charge in [-0.1, -0.05) is 18.2 Å². The molecule has 32 heavy (non-hydrogen) atoms. The summed E-state index contributed by atoms with van der Waals surface area (Å²) >= 11 is 0. The molecule has 5 aromatic rings. The van der Waals surface area contributed by atoms with E-state index >= 15 is 0 Å². The Bertz CT molecular complexity index is 1540. The normalized spacial score (nSPS) is 14.7. The first-order chi connectivity index (χ1) is 15.5. The molecule has 0 bridgehead atoms. The number of hydrogen-bond donors (Lipinski definition) is 1. The van der Waals surface area contributed by atoms with Crippen LogP contribution in [0, 0.1) is 5.82 Å². The summed E-state index contributed by atoms with van der Waals surface area (Å²) in [6.07, 6.45) is 5.10. The minimum atomic E-state index is -0.821. The van der Waals surface area contributed by atoms with Gasteiger partial charge in [0.15, 0.2) is 5.82 Å². The highest BCUT2D eigenvalue weighted by atomic mass is 19.1. The second-order valence-corrected chi connectivity index (χ2v) is 7.93. The summed E-state index contributed by atoms with van der Waals surface area (Å²) in [4.78, 5) is 20.1. The minimum Gasteiger partial charge on any atom is -0.366 e. The lowest BCUT2D eigenvalue weighted by atomic mass is 9.94. The van der Waals surface area contributed by atoms with E-state index in [4.69, 9.17) is 5.73 Å². The van der Waals surface area contributed by atoms with E-state index in [0.29, 0.717) is 22.9 Å². The number of aromatic nitrogens is 6. The Hall–Kier alpha value is -4.27. The number of benzene rings is 2. The van der Waals surface area contributed by atoms with E-state index in [-0.39, 0.29) is 11.0 Å². The zero-order chi connectivity index (χ0) is 21.9. The molecule has 156 valence electrons. The third-order valence-electron chi connectivity index (χ3n) is 6.00. The highest BCUT2D eigenvalue weighted by Crippen LogP contribution is 2.53. The summed E-state index contributed by atoms with van der Waals surface area (Å²) < 4.78 is 15.9. The van der Waals surface area contributed by atoms with Crippen molar-refractivity contribution in [3.63, 3.8) is 0 Å². The number of primary amides is 1. The van der Waals surface area contributed by atoms with E-state index in [1.165, 1.54) is 18.3 Å². The fraction of sp³-hybridized carbons (Fsp3) is 0.130. The Morgan fingerprint density at radius 2 is 1.94 bits per heavy atom. The van der Waals surface area contributed by atoms with Crippen molar-refractivity contribution in [1.29, 1.82) is 0 Å². The van der Waals surface area contributed by atoms with Crippen LogP contribution in [-0.4, -0.2) is 35.7 Å². The van der Waals surface area contributed by atoms with Gasteiger partial charge in [0.2, 0.25) is 0 Å². The van der Waals surface area contributed by atoms with E-state index in [1.807, 2.05) is 18.2 Å². The molecule has 0 aliphatic heterocycles. The van der Waals surface area contributed by atoms with Crippen molar-refractivity contribution in [3.05, 3.63) is 83.7 Å². The molecule has 0 unspecified atom stereocenters. The Balaban J connectivity index is 1.46. The number of nitrogens with zero attached hydrogens (tertiary/aromatic N) is 6. The lowest BCUT2D eigenvalue weighted by Crippen LogP contribution is -2.15. The maximum Gasteiger partial charge on any atom is 0.271 e. The van der Waals surface area contributed by atoms with Gasteiger partial charge < -0.3 is 5.73 Å². The third kappa shape index (κ3) is 2.74. The number of rotatable bonds is 4. The molecule has 6 rings (SSSR count). The lowest BCUT2D eigenvalue weighted by Gasteiger charge is -2.14. The van der Waals surface area contributed by atoms with E-state index in [9.17, 15) is 9.18 Å². The standard InChI is InChI=1S/C23H16FN7O/c24-17-11-14(3-5-16(17)20(25)32)19-12-27-22-29-28-21(31(22)30-19)23(7-8-23)15-4-6-18-13(10-15)2-1-9-26-18/h1-6,9-12H,7-8H2,(H2,25,32). The van der Waals surface area contributed by atoms with E-state index in [2.05, 4.69) is 37.4 Å². The van der Waals surface area contributed by atoms with Crippen molar-refractivity contribution in [2.45, 2.75) is 18.3 Å². The SMILES string of the molecule is NC(=O)c1ccc(-c2cnc3nnc(C4(c5ccc6ncccc6c5)CC4)n3n2)cc1F. The van der Waals surface area contributed by atoms with Crippen LogP contribution in [-0.2, 0) is 5.41 Å². The molecule has 1 saturated carbocycles. The van der Waals surface area contributed by atoms with Crippen LogP contribution in [0.5, 0.6) is 0 Å². The molecule has 8 nitrogen and oxygen atoms in total. The van der Waals surface area contributed by atoms with Crippen molar-refractivity contribution >= 4 is 22.6 Å². The highest BCUT2D eigenvalue weighted by molar-refractivity contribution is 5.93. The lowest BCUT2D eigenvalue weighted by molar-refractivity contribution is 0.0996. The van der Waals surface area contributed by atoms with E-state index in [0.717, 1.165) is 29.3 Å². The van der Waals surface area contributed by atoms with Crippen molar-refractivity contribution < 1.29 is 9.18 Å². The van der Waals surface area contributed by atoms with Crippen LogP contribution in [0.3, 0.4) is 0 Å². The van der Waals surface area contributed by atoms with Crippen LogP contribution in [0.1, 0.15) is 34.6 Å². The zero-order valence-electron chi connectivity index (χ0n) is 16.7. The molecule has 1 aliphatic carbocycles. The maximum atomic E-state index is 14.3. The van der Waals surface area contributed by atoms with Gasteiger partial charge >= 0.3 is 0 Å². The second-order valence-electron chi connectivity index (χ2n) is 7.93. The van der Waals surface area contributed by atoms with Crippen LogP contribution >= 0.6 is 0 Å². The number of hydrogen-bond acceptors (Lipinski definition) is 6. The summed E-state index contributed by atoms with van der Waals surface area (Å²) in [5, 5.41) is 14.3. The van der Waals surface area contributed by atoms with Gasteiger partial charge in [-0.3, -0.25) is 9.78 Å².